The van der Waals surface area contributed by atoms with Crippen molar-refractivity contribution in [2.45, 2.75) is 16.7 Å². The summed E-state index contributed by atoms with van der Waals surface area (Å²) in [5, 5.41) is 12.4. The zero-order valence-corrected chi connectivity index (χ0v) is 16.4. The number of carbonyl (C=O) groups excluding carboxylic acids is 1. The van der Waals surface area contributed by atoms with Crippen LogP contribution in [-0.4, -0.2) is 14.3 Å². The lowest BCUT2D eigenvalue weighted by atomic mass is 10.2. The molecule has 0 fully saturated rings. The van der Waals surface area contributed by atoms with Crippen LogP contribution in [-0.2, 0) is 9.84 Å². The molecule has 5 nitrogen and oxygen atoms in total. The monoisotopic (exact) mass is 410 g/mol. The topological polar surface area (TPSA) is 87.0 Å². The highest BCUT2D eigenvalue weighted by molar-refractivity contribution is 7.91. The summed E-state index contributed by atoms with van der Waals surface area (Å²) in [5.41, 5.74) is 1.10. The molecule has 0 unspecified atom stereocenters. The van der Waals surface area contributed by atoms with Crippen LogP contribution in [0, 0.1) is 18.3 Å². The molecule has 0 spiro atoms. The third-order valence-corrected chi connectivity index (χ3v) is 6.45. The number of nitrogens with zero attached hydrogens (tertiary/aromatic N) is 1. The van der Waals surface area contributed by atoms with E-state index >= 15 is 0 Å². The van der Waals surface area contributed by atoms with E-state index in [9.17, 15) is 18.5 Å². The summed E-state index contributed by atoms with van der Waals surface area (Å²) in [7, 11) is -3.87. The molecule has 0 bridgehead atoms. The summed E-state index contributed by atoms with van der Waals surface area (Å²) < 4.78 is 26.0. The van der Waals surface area contributed by atoms with E-state index in [0.717, 1.165) is 0 Å². The van der Waals surface area contributed by atoms with Crippen molar-refractivity contribution >= 4 is 33.0 Å². The van der Waals surface area contributed by atoms with Gasteiger partial charge in [-0.1, -0.05) is 41.9 Å². The van der Waals surface area contributed by atoms with Gasteiger partial charge in [0.1, 0.15) is 6.07 Å². The second kappa shape index (κ2) is 7.85. The molecule has 0 radical (unpaired) electrons. The maximum Gasteiger partial charge on any atom is 0.257 e. The number of benzene rings is 3. The highest BCUT2D eigenvalue weighted by atomic mass is 35.5. The van der Waals surface area contributed by atoms with Gasteiger partial charge < -0.3 is 5.32 Å². The fourth-order valence-electron chi connectivity index (χ4n) is 2.75. The van der Waals surface area contributed by atoms with Crippen molar-refractivity contribution in [2.75, 3.05) is 5.32 Å². The SMILES string of the molecule is Cc1ccccc1S(=O)(=O)c1ccc(NC(=O)c2ccccc2Cl)cc1C#N. The third kappa shape index (κ3) is 3.77. The summed E-state index contributed by atoms with van der Waals surface area (Å²) in [6, 6.07) is 19.1. The Morgan fingerprint density at radius 3 is 2.36 bits per heavy atom. The third-order valence-electron chi connectivity index (χ3n) is 4.15. The van der Waals surface area contributed by atoms with Crippen LogP contribution in [0.1, 0.15) is 21.5 Å². The van der Waals surface area contributed by atoms with Crippen molar-refractivity contribution in [3.63, 3.8) is 0 Å². The number of aryl methyl sites for hydroxylation is 1. The predicted molar refractivity (Wildman–Crippen MR) is 107 cm³/mol. The Labute approximate surface area is 168 Å². The zero-order valence-electron chi connectivity index (χ0n) is 14.8. The molecule has 0 atom stereocenters. The number of nitrogens with one attached hydrogen (secondary N) is 1. The molecule has 28 heavy (non-hydrogen) atoms. The zero-order chi connectivity index (χ0) is 20.3. The fourth-order valence-corrected chi connectivity index (χ4v) is 4.60. The molecule has 3 aromatic carbocycles. The van der Waals surface area contributed by atoms with Gasteiger partial charge in [-0.05, 0) is 48.9 Å². The van der Waals surface area contributed by atoms with Crippen LogP contribution in [0.15, 0.2) is 76.5 Å². The lowest BCUT2D eigenvalue weighted by Crippen LogP contribution is -2.13. The molecule has 0 aliphatic rings. The highest BCUT2D eigenvalue weighted by Gasteiger charge is 2.23. The molecule has 0 saturated carbocycles. The summed E-state index contributed by atoms with van der Waals surface area (Å²) >= 11 is 6.02. The van der Waals surface area contributed by atoms with E-state index < -0.39 is 15.7 Å². The molecular weight excluding hydrogens is 396 g/mol. The predicted octanol–water partition coefficient (Wildman–Crippen LogP) is 4.61. The van der Waals surface area contributed by atoms with Gasteiger partial charge in [-0.15, -0.1) is 0 Å². The first-order chi connectivity index (χ1) is 13.3. The Balaban J connectivity index is 1.98. The number of anilines is 1. The van der Waals surface area contributed by atoms with Crippen molar-refractivity contribution in [3.8, 4) is 6.07 Å². The second-order valence-corrected chi connectivity index (χ2v) is 8.32. The van der Waals surface area contributed by atoms with Gasteiger partial charge in [0.15, 0.2) is 0 Å². The van der Waals surface area contributed by atoms with Crippen LogP contribution in [0.5, 0.6) is 0 Å². The van der Waals surface area contributed by atoms with E-state index in [1.54, 1.807) is 49.4 Å². The van der Waals surface area contributed by atoms with Crippen LogP contribution >= 0.6 is 11.6 Å². The Morgan fingerprint density at radius 1 is 1.00 bits per heavy atom. The summed E-state index contributed by atoms with van der Waals surface area (Å²) in [6.07, 6.45) is 0. The minimum atomic E-state index is -3.87. The van der Waals surface area contributed by atoms with E-state index in [2.05, 4.69) is 5.32 Å². The van der Waals surface area contributed by atoms with E-state index in [1.807, 2.05) is 6.07 Å². The Morgan fingerprint density at radius 2 is 1.68 bits per heavy atom. The van der Waals surface area contributed by atoms with Crippen molar-refractivity contribution in [1.29, 1.82) is 5.26 Å². The van der Waals surface area contributed by atoms with Gasteiger partial charge in [-0.3, -0.25) is 4.79 Å². The second-order valence-electron chi connectivity index (χ2n) is 6.03. The van der Waals surface area contributed by atoms with Gasteiger partial charge in [0.2, 0.25) is 9.84 Å². The van der Waals surface area contributed by atoms with Crippen molar-refractivity contribution < 1.29 is 13.2 Å². The summed E-state index contributed by atoms with van der Waals surface area (Å²) in [6.45, 7) is 1.69. The Kier molecular flexibility index (Phi) is 5.50. The molecule has 7 heteroatoms. The lowest BCUT2D eigenvalue weighted by molar-refractivity contribution is 0.102. The minimum Gasteiger partial charge on any atom is -0.322 e. The smallest absolute Gasteiger partial charge is 0.257 e. The number of amides is 1. The van der Waals surface area contributed by atoms with Gasteiger partial charge >= 0.3 is 0 Å². The number of rotatable bonds is 4. The van der Waals surface area contributed by atoms with Crippen molar-refractivity contribution in [2.24, 2.45) is 0 Å². The molecule has 140 valence electrons. The molecular formula is C21H15ClN2O3S. The minimum absolute atomic E-state index is 0.0554. The first-order valence-corrected chi connectivity index (χ1v) is 10.1. The van der Waals surface area contributed by atoms with Crippen LogP contribution < -0.4 is 5.32 Å². The van der Waals surface area contributed by atoms with Crippen LogP contribution in [0.4, 0.5) is 5.69 Å². The van der Waals surface area contributed by atoms with Gasteiger partial charge in [0.25, 0.3) is 5.91 Å². The molecule has 0 aromatic heterocycles. The highest BCUT2D eigenvalue weighted by Crippen LogP contribution is 2.28. The molecule has 0 saturated heterocycles. The van der Waals surface area contributed by atoms with Crippen LogP contribution in [0.25, 0.3) is 0 Å². The molecule has 3 rings (SSSR count). The maximum absolute atomic E-state index is 13.0. The number of sulfone groups is 1. The molecule has 1 amide bonds. The van der Waals surface area contributed by atoms with Gasteiger partial charge in [-0.2, -0.15) is 5.26 Å². The number of carbonyl (C=O) groups is 1. The van der Waals surface area contributed by atoms with E-state index in [0.29, 0.717) is 16.3 Å². The molecule has 0 heterocycles. The maximum atomic E-state index is 13.0. The Hall–Kier alpha value is -3.14. The lowest BCUT2D eigenvalue weighted by Gasteiger charge is -2.11. The summed E-state index contributed by atoms with van der Waals surface area (Å²) in [4.78, 5) is 12.4. The molecule has 0 aliphatic heterocycles. The van der Waals surface area contributed by atoms with Crippen LogP contribution in [0.2, 0.25) is 5.02 Å². The first-order valence-electron chi connectivity index (χ1n) is 8.25. The first kappa shape index (κ1) is 19.6. The Bertz CT molecular complexity index is 1210. The van der Waals surface area contributed by atoms with Crippen molar-refractivity contribution in [1.82, 2.24) is 0 Å². The molecule has 1 N–H and O–H groups in total. The average Bonchev–Trinajstić information content (AvgIpc) is 2.68. The molecule has 3 aromatic rings. The standard InChI is InChI=1S/C21H15ClN2O3S/c1-14-6-2-5-9-19(14)28(26,27)20-11-10-16(12-15(20)13-23)24-21(25)17-7-3-4-8-18(17)22/h2-12H,1H3,(H,24,25). The number of nitriles is 1. The fraction of sp³-hybridized carbons (Fsp3) is 0.0476. The quantitative estimate of drug-likeness (QED) is 0.680. The summed E-state index contributed by atoms with van der Waals surface area (Å²) in [5.74, 6) is -0.455. The normalized spacial score (nSPS) is 10.9. The van der Waals surface area contributed by atoms with E-state index in [-0.39, 0.29) is 20.9 Å². The van der Waals surface area contributed by atoms with Crippen LogP contribution in [0.3, 0.4) is 0 Å². The van der Waals surface area contributed by atoms with Gasteiger partial charge in [-0.25, -0.2) is 8.42 Å². The largest absolute Gasteiger partial charge is 0.322 e. The van der Waals surface area contributed by atoms with Crippen molar-refractivity contribution in [3.05, 3.63) is 88.4 Å². The molecule has 0 aliphatic carbocycles. The average molecular weight is 411 g/mol. The number of halogens is 1. The van der Waals surface area contributed by atoms with Gasteiger partial charge in [0, 0.05) is 5.69 Å². The number of hydrogen-bond acceptors (Lipinski definition) is 4. The number of hydrogen-bond donors (Lipinski definition) is 1. The van der Waals surface area contributed by atoms with E-state index in [1.165, 1.54) is 24.3 Å². The van der Waals surface area contributed by atoms with E-state index in [4.69, 9.17) is 11.6 Å². The van der Waals surface area contributed by atoms with Gasteiger partial charge in [0.05, 0.1) is 25.9 Å².